The van der Waals surface area contributed by atoms with Gasteiger partial charge in [-0.15, -0.1) is 0 Å². The Balaban J connectivity index is -0.000000206. The van der Waals surface area contributed by atoms with E-state index in [-0.39, 0.29) is 52.4 Å². The van der Waals surface area contributed by atoms with Gasteiger partial charge in [-0.3, -0.25) is 0 Å². The maximum atomic E-state index is 2.24. The van der Waals surface area contributed by atoms with Crippen molar-refractivity contribution in [2.75, 3.05) is 0 Å². The molecule has 2 radical (unpaired) electrons. The Morgan fingerprint density at radius 2 is 0.829 bits per heavy atom. The summed E-state index contributed by atoms with van der Waals surface area (Å²) in [5.41, 5.74) is 18.5. The van der Waals surface area contributed by atoms with Crippen molar-refractivity contribution in [1.29, 1.82) is 0 Å². The maximum absolute atomic E-state index is 2.24. The molecule has 0 aliphatic heterocycles. The molecule has 41 heavy (non-hydrogen) atoms. The molecule has 0 saturated carbocycles. The van der Waals surface area contributed by atoms with Crippen LogP contribution in [0.3, 0.4) is 0 Å². The quantitative estimate of drug-likeness (QED) is 0.124. The van der Waals surface area contributed by atoms with Crippen molar-refractivity contribution in [1.82, 2.24) is 0 Å². The molecule has 0 heterocycles. The van der Waals surface area contributed by atoms with Gasteiger partial charge in [0.05, 0.1) is 0 Å². The van der Waals surface area contributed by atoms with E-state index in [2.05, 4.69) is 159 Å². The molecule has 4 aromatic rings. The summed E-state index contributed by atoms with van der Waals surface area (Å²) in [6.45, 7) is 36.9. The Morgan fingerprint density at radius 3 is 0.902 bits per heavy atom. The van der Waals surface area contributed by atoms with Gasteiger partial charge in [0.1, 0.15) is 0 Å². The van der Waals surface area contributed by atoms with Gasteiger partial charge in [-0.25, -0.2) is 18.2 Å². The van der Waals surface area contributed by atoms with Crippen LogP contribution in [0.2, 0.25) is 26.2 Å². The summed E-state index contributed by atoms with van der Waals surface area (Å²) in [5, 5.41) is 0. The zero-order valence-electron chi connectivity index (χ0n) is 29.7. The average Bonchev–Trinajstić information content (AvgIpc) is 3.54. The third-order valence-electron chi connectivity index (χ3n) is 7.44. The van der Waals surface area contributed by atoms with Crippen LogP contribution in [0.15, 0.2) is 42.5 Å². The Hall–Kier alpha value is -0.400. The van der Waals surface area contributed by atoms with Crippen LogP contribution in [0.5, 0.6) is 0 Å². The zero-order chi connectivity index (χ0) is 30.9. The van der Waals surface area contributed by atoms with Crippen LogP contribution in [0.1, 0.15) is 72.3 Å². The molecule has 0 aliphatic carbocycles. The Morgan fingerprint density at radius 1 is 0.463 bits per heavy atom. The molecule has 0 bridgehead atoms. The topological polar surface area (TPSA) is 0 Å². The molecule has 0 nitrogen and oxygen atoms in total. The number of aryl methyl sites for hydroxylation is 8. The molecule has 4 heteroatoms. The van der Waals surface area contributed by atoms with Gasteiger partial charge in [0.15, 0.2) is 0 Å². The van der Waals surface area contributed by atoms with Crippen molar-refractivity contribution in [2.24, 2.45) is 0 Å². The molecule has 4 rings (SSSR count). The second-order valence-corrected chi connectivity index (χ2v) is 13.2. The predicted molar refractivity (Wildman–Crippen MR) is 187 cm³/mol. The van der Waals surface area contributed by atoms with Crippen LogP contribution < -0.4 is 0 Å². The third-order valence-corrected chi connectivity index (χ3v) is 7.44. The fourth-order valence-electron chi connectivity index (χ4n) is 3.68. The molecule has 0 aromatic heterocycles. The average molecular weight is 744 g/mol. The summed E-state index contributed by atoms with van der Waals surface area (Å²) in [6.07, 6.45) is 0. The van der Waals surface area contributed by atoms with Crippen molar-refractivity contribution < 1.29 is 52.4 Å². The molecule has 0 spiro atoms. The number of hydrogen-bond acceptors (Lipinski definition) is 0. The summed E-state index contributed by atoms with van der Waals surface area (Å²) in [5.74, 6) is 0. The van der Waals surface area contributed by atoms with Crippen molar-refractivity contribution >= 4 is 19.0 Å². The van der Waals surface area contributed by atoms with Crippen molar-refractivity contribution in [3.8, 4) is 0 Å². The summed E-state index contributed by atoms with van der Waals surface area (Å²) >= 11 is 0. The number of hydrogen-bond donors (Lipinski definition) is 0. The van der Waals surface area contributed by atoms with Crippen LogP contribution in [-0.4, -0.2) is 19.0 Å². The van der Waals surface area contributed by atoms with Crippen molar-refractivity contribution in [3.05, 3.63) is 115 Å². The van der Waals surface area contributed by atoms with E-state index >= 15 is 0 Å². The van der Waals surface area contributed by atoms with Crippen LogP contribution in [0.4, 0.5) is 0 Å². The first-order valence-electron chi connectivity index (χ1n) is 14.4. The van der Waals surface area contributed by atoms with Gasteiger partial charge in [0.25, 0.3) is 0 Å². The minimum absolute atomic E-state index is 0. The molecule has 0 amide bonds. The summed E-state index contributed by atoms with van der Waals surface area (Å²) in [6, 6.07) is 15.1. The monoisotopic (exact) mass is 740 g/mol. The summed E-state index contributed by atoms with van der Waals surface area (Å²) < 4.78 is 0. The van der Waals surface area contributed by atoms with Crippen LogP contribution in [-0.2, 0) is 52.4 Å². The van der Waals surface area contributed by atoms with Crippen LogP contribution in [0.25, 0.3) is 0 Å². The standard InChI is InChI=1S/2C9H13.C8H11.C7H9.2C2H7Si.2Zr/c2*1-6-5-7(2)9(4)8(6)3;1-6-4-5-7(2)8(6)3;1-6-4-3-5-7(6)2;2*1-3-2;;/h2*5H,1-4H3;4-5H,1-3H3;3-5H,1-2H3;2*3H,1-2H3;;/q4*-1;;;2*+2. The van der Waals surface area contributed by atoms with E-state index in [1.165, 1.54) is 72.3 Å². The molecular formula is C37H60Si2Zr2. The predicted octanol–water partition coefficient (Wildman–Crippen LogP) is 10.7. The largest absolute Gasteiger partial charge is 2.00 e. The normalized spacial score (nSPS) is 8.90. The second-order valence-electron chi connectivity index (χ2n) is 10.9. The molecule has 0 saturated heterocycles. The minimum Gasteiger partial charge on any atom is -0.213 e. The van der Waals surface area contributed by atoms with E-state index in [1.807, 2.05) is 0 Å². The van der Waals surface area contributed by atoms with Gasteiger partial charge in [-0.1, -0.05) is 116 Å². The Kier molecular flexibility index (Phi) is 30.2. The van der Waals surface area contributed by atoms with Crippen molar-refractivity contribution in [3.63, 3.8) is 0 Å². The van der Waals surface area contributed by atoms with Gasteiger partial charge < -0.3 is 0 Å². The smallest absolute Gasteiger partial charge is 0.213 e. The SMILES string of the molecule is C[SiH]C.C[SiH]C.Cc1c[c-](C)c(C)c1C.Cc1c[c-](C)c(C)c1C.Cc1cc[c-](C)c1C.Cc1ccc[c-]1C.[Zr+2].[Zr+2]. The second kappa shape index (κ2) is 26.0. The number of rotatable bonds is 0. The molecule has 0 unspecified atom stereocenters. The van der Waals surface area contributed by atoms with Gasteiger partial charge >= 0.3 is 52.4 Å². The third kappa shape index (κ3) is 18.8. The summed E-state index contributed by atoms with van der Waals surface area (Å²) in [4.78, 5) is 0. The van der Waals surface area contributed by atoms with E-state index in [0.717, 1.165) is 19.0 Å². The molecule has 0 atom stereocenters. The van der Waals surface area contributed by atoms with Gasteiger partial charge in [0.2, 0.25) is 0 Å². The maximum Gasteiger partial charge on any atom is 2.00 e. The van der Waals surface area contributed by atoms with E-state index in [0.29, 0.717) is 0 Å². The van der Waals surface area contributed by atoms with Crippen molar-refractivity contribution in [2.45, 2.75) is 116 Å². The fraction of sp³-hybridized carbons (Fsp3) is 0.459. The van der Waals surface area contributed by atoms with E-state index in [9.17, 15) is 0 Å². The minimum atomic E-state index is 0. The zero-order valence-corrected chi connectivity index (χ0v) is 36.9. The molecule has 4 aromatic carbocycles. The molecule has 0 aliphatic rings. The van der Waals surface area contributed by atoms with E-state index in [1.54, 1.807) is 0 Å². The Labute approximate surface area is 299 Å². The van der Waals surface area contributed by atoms with Gasteiger partial charge in [-0.2, -0.15) is 96.6 Å². The van der Waals surface area contributed by atoms with E-state index < -0.39 is 0 Å². The van der Waals surface area contributed by atoms with E-state index in [4.69, 9.17) is 0 Å². The van der Waals surface area contributed by atoms with Crippen LogP contribution in [0, 0.1) is 90.0 Å². The summed E-state index contributed by atoms with van der Waals surface area (Å²) in [7, 11) is 1.50. The van der Waals surface area contributed by atoms with Crippen LogP contribution >= 0.6 is 0 Å². The Bertz CT molecular complexity index is 1050. The first kappa shape index (κ1) is 47.5. The van der Waals surface area contributed by atoms with Gasteiger partial charge in [-0.05, 0) is 0 Å². The first-order valence-corrected chi connectivity index (χ1v) is 19.0. The first-order chi connectivity index (χ1) is 18.1. The fourth-order valence-corrected chi connectivity index (χ4v) is 3.68. The molecule has 0 fully saturated rings. The molecule has 224 valence electrons. The molecule has 0 N–H and O–H groups in total. The molecular weight excluding hydrogens is 683 g/mol. The van der Waals surface area contributed by atoms with Gasteiger partial charge in [0, 0.05) is 19.0 Å².